The molecule has 1 rings (SSSR count). The van der Waals surface area contributed by atoms with Crippen molar-refractivity contribution in [3.8, 4) is 0 Å². The van der Waals surface area contributed by atoms with Crippen LogP contribution in [0.15, 0.2) is 0 Å². The first kappa shape index (κ1) is 17.0. The molecule has 19 heavy (non-hydrogen) atoms. The van der Waals surface area contributed by atoms with Crippen LogP contribution in [0, 0.1) is 17.3 Å². The highest BCUT2D eigenvalue weighted by Crippen LogP contribution is 2.44. The van der Waals surface area contributed by atoms with E-state index >= 15 is 0 Å². The van der Waals surface area contributed by atoms with Crippen molar-refractivity contribution in [3.63, 3.8) is 0 Å². The molecule has 1 saturated carbocycles. The van der Waals surface area contributed by atoms with Gasteiger partial charge in [-0.2, -0.15) is 0 Å². The molecule has 0 spiro atoms. The van der Waals surface area contributed by atoms with E-state index in [9.17, 15) is 8.42 Å². The summed E-state index contributed by atoms with van der Waals surface area (Å²) < 4.78 is 25.1. The van der Waals surface area contributed by atoms with E-state index in [4.69, 9.17) is 5.73 Å². The summed E-state index contributed by atoms with van der Waals surface area (Å²) in [5.41, 5.74) is 6.04. The van der Waals surface area contributed by atoms with Gasteiger partial charge in [0.05, 0.1) is 10.5 Å². The third-order valence-electron chi connectivity index (χ3n) is 5.33. The van der Waals surface area contributed by atoms with E-state index in [0.29, 0.717) is 12.5 Å². The van der Waals surface area contributed by atoms with Gasteiger partial charge in [-0.1, -0.05) is 27.2 Å². The molecule has 4 heteroatoms. The number of sulfone groups is 1. The lowest BCUT2D eigenvalue weighted by Crippen LogP contribution is -2.45. The van der Waals surface area contributed by atoms with Crippen LogP contribution in [0.4, 0.5) is 0 Å². The van der Waals surface area contributed by atoms with Crippen molar-refractivity contribution in [1.29, 1.82) is 0 Å². The Labute approximate surface area is 119 Å². The number of rotatable bonds is 5. The topological polar surface area (TPSA) is 60.2 Å². The average Bonchev–Trinajstić information content (AvgIpc) is 2.37. The predicted octanol–water partition coefficient (Wildman–Crippen LogP) is 2.99. The molecule has 3 atom stereocenters. The molecule has 1 aliphatic carbocycles. The predicted molar refractivity (Wildman–Crippen MR) is 81.8 cm³/mol. The Hall–Kier alpha value is -0.0900. The Morgan fingerprint density at radius 3 is 2.26 bits per heavy atom. The van der Waals surface area contributed by atoms with Crippen molar-refractivity contribution < 1.29 is 8.42 Å². The smallest absolute Gasteiger partial charge is 0.155 e. The van der Waals surface area contributed by atoms with E-state index in [2.05, 4.69) is 20.8 Å². The Balaban J connectivity index is 2.99. The fourth-order valence-corrected chi connectivity index (χ4v) is 5.20. The molecule has 0 amide bonds. The molecule has 3 nitrogen and oxygen atoms in total. The first-order valence-corrected chi connectivity index (χ1v) is 9.20. The van der Waals surface area contributed by atoms with Crippen LogP contribution in [0.2, 0.25) is 0 Å². The summed E-state index contributed by atoms with van der Waals surface area (Å²) in [4.78, 5) is 0. The van der Waals surface area contributed by atoms with E-state index in [1.807, 2.05) is 0 Å². The second kappa shape index (κ2) is 6.13. The van der Waals surface area contributed by atoms with Crippen LogP contribution in [0.1, 0.15) is 60.3 Å². The summed E-state index contributed by atoms with van der Waals surface area (Å²) in [7, 11) is -3.04. The Morgan fingerprint density at radius 2 is 1.84 bits per heavy atom. The third-order valence-corrected chi connectivity index (χ3v) is 8.06. The molecule has 0 heterocycles. The minimum atomic E-state index is -3.04. The molecule has 3 unspecified atom stereocenters. The SMILES string of the molecule is CCC(C)(C)C1CCC(CN)C(S(=O)(=O)C(C)C)C1. The molecule has 0 aromatic carbocycles. The van der Waals surface area contributed by atoms with E-state index in [0.717, 1.165) is 25.7 Å². The van der Waals surface area contributed by atoms with Crippen LogP contribution >= 0.6 is 0 Å². The maximum atomic E-state index is 12.6. The van der Waals surface area contributed by atoms with Gasteiger partial charge in [0.25, 0.3) is 0 Å². The highest BCUT2D eigenvalue weighted by atomic mass is 32.2. The van der Waals surface area contributed by atoms with Crippen LogP contribution in [0.3, 0.4) is 0 Å². The quantitative estimate of drug-likeness (QED) is 0.846. The van der Waals surface area contributed by atoms with Crippen molar-refractivity contribution in [2.75, 3.05) is 6.54 Å². The van der Waals surface area contributed by atoms with Gasteiger partial charge in [0.2, 0.25) is 0 Å². The standard InChI is InChI=1S/C15H31NO2S/c1-6-15(4,5)13-8-7-12(10-16)14(9-13)19(17,18)11(2)3/h11-14H,6-10,16H2,1-5H3. The van der Waals surface area contributed by atoms with Gasteiger partial charge in [-0.3, -0.25) is 0 Å². The maximum absolute atomic E-state index is 12.6. The van der Waals surface area contributed by atoms with Gasteiger partial charge in [0, 0.05) is 0 Å². The normalized spacial score (nSPS) is 29.7. The van der Waals surface area contributed by atoms with Crippen LogP contribution in [0.25, 0.3) is 0 Å². The Kier molecular flexibility index (Phi) is 5.47. The summed E-state index contributed by atoms with van der Waals surface area (Å²) in [5, 5.41) is -0.530. The largest absolute Gasteiger partial charge is 0.330 e. The van der Waals surface area contributed by atoms with E-state index < -0.39 is 9.84 Å². The molecule has 114 valence electrons. The fourth-order valence-electron chi connectivity index (χ4n) is 3.21. The monoisotopic (exact) mass is 289 g/mol. The molecule has 0 saturated heterocycles. The Bertz CT molecular complexity index is 387. The van der Waals surface area contributed by atoms with Gasteiger partial charge in [0.1, 0.15) is 0 Å². The van der Waals surface area contributed by atoms with Gasteiger partial charge < -0.3 is 5.73 Å². The first-order valence-electron chi connectivity index (χ1n) is 7.59. The lowest BCUT2D eigenvalue weighted by molar-refractivity contribution is 0.132. The van der Waals surface area contributed by atoms with Gasteiger partial charge in [-0.15, -0.1) is 0 Å². The van der Waals surface area contributed by atoms with Crippen molar-refractivity contribution in [2.45, 2.75) is 70.8 Å². The van der Waals surface area contributed by atoms with E-state index in [-0.39, 0.29) is 21.8 Å². The summed E-state index contributed by atoms with van der Waals surface area (Å²) in [6.07, 6.45) is 3.97. The second-order valence-corrected chi connectivity index (χ2v) is 9.75. The third kappa shape index (κ3) is 3.52. The molecule has 1 fully saturated rings. The van der Waals surface area contributed by atoms with Gasteiger partial charge in [-0.05, 0) is 56.9 Å². The van der Waals surface area contributed by atoms with Gasteiger partial charge >= 0.3 is 0 Å². The molecule has 0 aliphatic heterocycles. The molecule has 0 aromatic rings. The van der Waals surface area contributed by atoms with Crippen LogP contribution in [-0.2, 0) is 9.84 Å². The van der Waals surface area contributed by atoms with Gasteiger partial charge in [0.15, 0.2) is 9.84 Å². The summed E-state index contributed by atoms with van der Waals surface area (Å²) in [5.74, 6) is 0.648. The minimum absolute atomic E-state index is 0.149. The molecule has 0 radical (unpaired) electrons. The van der Waals surface area contributed by atoms with Crippen molar-refractivity contribution in [3.05, 3.63) is 0 Å². The van der Waals surface area contributed by atoms with Crippen molar-refractivity contribution >= 4 is 9.84 Å². The second-order valence-electron chi connectivity index (χ2n) is 7.02. The molecule has 2 N–H and O–H groups in total. The zero-order valence-electron chi connectivity index (χ0n) is 13.1. The summed E-state index contributed by atoms with van der Waals surface area (Å²) in [6.45, 7) is 10.8. The first-order chi connectivity index (χ1) is 8.66. The van der Waals surface area contributed by atoms with Crippen molar-refractivity contribution in [1.82, 2.24) is 0 Å². The highest BCUT2D eigenvalue weighted by molar-refractivity contribution is 7.92. The number of nitrogens with two attached hydrogens (primary N) is 1. The minimum Gasteiger partial charge on any atom is -0.330 e. The molecular formula is C15H31NO2S. The average molecular weight is 289 g/mol. The molecule has 1 aliphatic rings. The fraction of sp³-hybridized carbons (Fsp3) is 1.00. The lowest BCUT2D eigenvalue weighted by Gasteiger charge is -2.43. The summed E-state index contributed by atoms with van der Waals surface area (Å²) in [6, 6.07) is 0. The zero-order valence-corrected chi connectivity index (χ0v) is 14.0. The number of hydrogen-bond donors (Lipinski definition) is 1. The zero-order chi connectivity index (χ0) is 14.8. The maximum Gasteiger partial charge on any atom is 0.155 e. The van der Waals surface area contributed by atoms with Crippen LogP contribution < -0.4 is 5.73 Å². The highest BCUT2D eigenvalue weighted by Gasteiger charge is 2.43. The van der Waals surface area contributed by atoms with E-state index in [1.54, 1.807) is 13.8 Å². The molecule has 0 aromatic heterocycles. The molecular weight excluding hydrogens is 258 g/mol. The number of hydrogen-bond acceptors (Lipinski definition) is 3. The van der Waals surface area contributed by atoms with Crippen LogP contribution in [0.5, 0.6) is 0 Å². The molecule has 0 bridgehead atoms. The van der Waals surface area contributed by atoms with Crippen LogP contribution in [-0.4, -0.2) is 25.5 Å². The van der Waals surface area contributed by atoms with Gasteiger partial charge in [-0.25, -0.2) is 8.42 Å². The van der Waals surface area contributed by atoms with Crippen molar-refractivity contribution in [2.24, 2.45) is 23.0 Å². The Morgan fingerprint density at radius 1 is 1.26 bits per heavy atom. The van der Waals surface area contributed by atoms with E-state index in [1.165, 1.54) is 0 Å². The summed E-state index contributed by atoms with van der Waals surface area (Å²) >= 11 is 0. The lowest BCUT2D eigenvalue weighted by atomic mass is 9.67.